The highest BCUT2D eigenvalue weighted by Gasteiger charge is 2.70. The molecule has 2 aliphatic rings. The minimum Gasteiger partial charge on any atom is -0.393 e. The molecule has 2 fully saturated rings. The van der Waals surface area contributed by atoms with Crippen LogP contribution in [0.25, 0.3) is 0 Å². The largest absolute Gasteiger partial charge is 0.393 e. The molecule has 2 N–H and O–H groups in total. The second kappa shape index (κ2) is 5.96. The zero-order valence-corrected chi connectivity index (χ0v) is 15.1. The van der Waals surface area contributed by atoms with E-state index < -0.39 is 11.7 Å². The molecule has 0 spiro atoms. The van der Waals surface area contributed by atoms with Gasteiger partial charge in [-0.1, -0.05) is 51.1 Å². The van der Waals surface area contributed by atoms with Crippen molar-refractivity contribution < 1.29 is 15.0 Å². The average molecular weight is 330 g/mol. The van der Waals surface area contributed by atoms with Gasteiger partial charge < -0.3 is 10.2 Å². The first-order valence-electron chi connectivity index (χ1n) is 9.18. The molecule has 2 bridgehead atoms. The number of rotatable bonds is 6. The van der Waals surface area contributed by atoms with E-state index in [0.29, 0.717) is 18.8 Å². The van der Waals surface area contributed by atoms with Gasteiger partial charge in [0.2, 0.25) is 0 Å². The van der Waals surface area contributed by atoms with Crippen LogP contribution in [0.2, 0.25) is 0 Å². The third-order valence-corrected chi connectivity index (χ3v) is 7.38. The minimum absolute atomic E-state index is 0.0214. The third kappa shape index (κ3) is 2.53. The van der Waals surface area contributed by atoms with Gasteiger partial charge in [-0.05, 0) is 49.0 Å². The van der Waals surface area contributed by atoms with Crippen LogP contribution >= 0.6 is 0 Å². The SMILES string of the molecule is CC1(C)[C@@H]2CC[C@@]1(C)[C@@](O)(C(=O)C[C@H](O)CCc1ccccc1)C2. The maximum Gasteiger partial charge on any atom is 0.167 e. The highest BCUT2D eigenvalue weighted by atomic mass is 16.3. The summed E-state index contributed by atoms with van der Waals surface area (Å²) in [5, 5.41) is 21.5. The van der Waals surface area contributed by atoms with Gasteiger partial charge in [-0.2, -0.15) is 0 Å². The number of carbonyl (C=O) groups is 1. The Bertz CT molecular complexity index is 609. The van der Waals surface area contributed by atoms with Crippen molar-refractivity contribution in [2.24, 2.45) is 16.7 Å². The molecule has 0 radical (unpaired) electrons. The Morgan fingerprint density at radius 1 is 1.25 bits per heavy atom. The number of carbonyl (C=O) groups excluding carboxylic acids is 1. The number of Topliss-reactive ketones (excluding diaryl/α,β-unsaturated/α-hetero) is 1. The number of benzene rings is 1. The molecule has 0 aromatic heterocycles. The molecular weight excluding hydrogens is 300 g/mol. The lowest BCUT2D eigenvalue weighted by molar-refractivity contribution is -0.157. The van der Waals surface area contributed by atoms with Gasteiger partial charge in [0.25, 0.3) is 0 Å². The second-order valence-corrected chi connectivity index (χ2v) is 8.66. The van der Waals surface area contributed by atoms with Crippen molar-refractivity contribution >= 4 is 5.78 Å². The summed E-state index contributed by atoms with van der Waals surface area (Å²) in [6.45, 7) is 6.43. The molecule has 2 saturated carbocycles. The molecule has 0 unspecified atom stereocenters. The van der Waals surface area contributed by atoms with E-state index in [1.165, 1.54) is 0 Å². The summed E-state index contributed by atoms with van der Waals surface area (Å²) in [6, 6.07) is 9.99. The van der Waals surface area contributed by atoms with Crippen LogP contribution in [0.4, 0.5) is 0 Å². The molecule has 4 atom stereocenters. The lowest BCUT2D eigenvalue weighted by Gasteiger charge is -2.44. The van der Waals surface area contributed by atoms with Gasteiger partial charge in [-0.15, -0.1) is 0 Å². The van der Waals surface area contributed by atoms with Crippen LogP contribution in [0, 0.1) is 16.7 Å². The van der Waals surface area contributed by atoms with Crippen molar-refractivity contribution in [3.63, 3.8) is 0 Å². The van der Waals surface area contributed by atoms with E-state index in [-0.39, 0.29) is 23.0 Å². The van der Waals surface area contributed by atoms with E-state index in [1.807, 2.05) is 30.3 Å². The van der Waals surface area contributed by atoms with Crippen molar-refractivity contribution in [1.29, 1.82) is 0 Å². The molecule has 1 aromatic rings. The van der Waals surface area contributed by atoms with Crippen molar-refractivity contribution in [3.8, 4) is 0 Å². The van der Waals surface area contributed by atoms with Gasteiger partial charge in [0.1, 0.15) is 5.60 Å². The summed E-state index contributed by atoms with van der Waals surface area (Å²) < 4.78 is 0. The fourth-order valence-electron chi connectivity index (χ4n) is 5.16. The van der Waals surface area contributed by atoms with Crippen LogP contribution < -0.4 is 0 Å². The fourth-order valence-corrected chi connectivity index (χ4v) is 5.16. The molecule has 2 aliphatic carbocycles. The molecule has 0 amide bonds. The van der Waals surface area contributed by atoms with Crippen LogP contribution in [0.15, 0.2) is 30.3 Å². The van der Waals surface area contributed by atoms with Crippen LogP contribution in [0.3, 0.4) is 0 Å². The Labute approximate surface area is 145 Å². The first-order valence-corrected chi connectivity index (χ1v) is 9.18. The van der Waals surface area contributed by atoms with E-state index in [4.69, 9.17) is 0 Å². The minimum atomic E-state index is -1.27. The van der Waals surface area contributed by atoms with E-state index in [2.05, 4.69) is 20.8 Å². The van der Waals surface area contributed by atoms with Gasteiger partial charge in [0.15, 0.2) is 5.78 Å². The number of fused-ring (bicyclic) bond motifs is 2. The van der Waals surface area contributed by atoms with E-state index in [9.17, 15) is 15.0 Å². The van der Waals surface area contributed by atoms with Crippen molar-refractivity contribution in [2.75, 3.05) is 0 Å². The van der Waals surface area contributed by atoms with Crippen LogP contribution in [-0.2, 0) is 11.2 Å². The zero-order valence-electron chi connectivity index (χ0n) is 15.1. The van der Waals surface area contributed by atoms with E-state index >= 15 is 0 Å². The molecular formula is C21H30O3. The van der Waals surface area contributed by atoms with Gasteiger partial charge in [-0.3, -0.25) is 4.79 Å². The first-order chi connectivity index (χ1) is 11.2. The standard InChI is InChI=1S/C21H30O3/c1-19(2)16-11-12-20(19,3)21(24,14-16)18(23)13-17(22)10-9-15-7-5-4-6-8-15/h4-8,16-17,22,24H,9-14H2,1-3H3/t16-,17-,20-,21+/m1/s1. The Morgan fingerprint density at radius 3 is 2.46 bits per heavy atom. The molecule has 3 nitrogen and oxygen atoms in total. The number of hydrogen-bond donors (Lipinski definition) is 2. The van der Waals surface area contributed by atoms with E-state index in [1.54, 1.807) is 0 Å². The summed E-state index contributed by atoms with van der Waals surface area (Å²) in [6.07, 6.45) is 3.21. The predicted molar refractivity (Wildman–Crippen MR) is 94.6 cm³/mol. The molecule has 0 aliphatic heterocycles. The van der Waals surface area contributed by atoms with Crippen molar-refractivity contribution in [3.05, 3.63) is 35.9 Å². The highest BCUT2D eigenvalue weighted by Crippen LogP contribution is 2.69. The lowest BCUT2D eigenvalue weighted by atomic mass is 9.62. The Morgan fingerprint density at radius 2 is 1.92 bits per heavy atom. The highest BCUT2D eigenvalue weighted by molar-refractivity contribution is 5.89. The van der Waals surface area contributed by atoms with E-state index in [0.717, 1.165) is 24.8 Å². The summed E-state index contributed by atoms with van der Waals surface area (Å²) >= 11 is 0. The molecule has 1 aromatic carbocycles. The molecule has 132 valence electrons. The number of aryl methyl sites for hydroxylation is 1. The second-order valence-electron chi connectivity index (χ2n) is 8.66. The third-order valence-electron chi connectivity index (χ3n) is 7.38. The predicted octanol–water partition coefficient (Wildman–Crippen LogP) is 3.52. The smallest absolute Gasteiger partial charge is 0.167 e. The number of aliphatic hydroxyl groups is 2. The van der Waals surface area contributed by atoms with Crippen molar-refractivity contribution in [1.82, 2.24) is 0 Å². The van der Waals surface area contributed by atoms with Crippen LogP contribution in [0.5, 0.6) is 0 Å². The molecule has 3 rings (SSSR count). The van der Waals surface area contributed by atoms with Gasteiger partial charge >= 0.3 is 0 Å². The molecule has 24 heavy (non-hydrogen) atoms. The number of ketones is 1. The molecule has 3 heteroatoms. The molecule has 0 heterocycles. The first kappa shape index (κ1) is 17.6. The summed E-state index contributed by atoms with van der Waals surface area (Å²) in [5.74, 6) is 0.235. The lowest BCUT2D eigenvalue weighted by Crippen LogP contribution is -2.53. The monoisotopic (exact) mass is 330 g/mol. The summed E-state index contributed by atoms with van der Waals surface area (Å²) in [5.41, 5.74) is -0.504. The summed E-state index contributed by atoms with van der Waals surface area (Å²) in [7, 11) is 0. The van der Waals surface area contributed by atoms with Crippen LogP contribution in [-0.4, -0.2) is 27.7 Å². The number of aliphatic hydroxyl groups excluding tert-OH is 1. The maximum absolute atomic E-state index is 12.9. The van der Waals surface area contributed by atoms with Gasteiger partial charge in [0.05, 0.1) is 6.10 Å². The van der Waals surface area contributed by atoms with Crippen molar-refractivity contribution in [2.45, 2.75) is 71.0 Å². The zero-order chi connectivity index (χ0) is 17.6. The Balaban J connectivity index is 1.63. The topological polar surface area (TPSA) is 57.5 Å². The fraction of sp³-hybridized carbons (Fsp3) is 0.667. The number of hydrogen-bond acceptors (Lipinski definition) is 3. The van der Waals surface area contributed by atoms with Crippen LogP contribution in [0.1, 0.15) is 58.4 Å². The molecule has 0 saturated heterocycles. The Hall–Kier alpha value is -1.19. The quantitative estimate of drug-likeness (QED) is 0.839. The Kier molecular flexibility index (Phi) is 4.38. The van der Waals surface area contributed by atoms with Gasteiger partial charge in [-0.25, -0.2) is 0 Å². The average Bonchev–Trinajstić information content (AvgIpc) is 2.86. The summed E-state index contributed by atoms with van der Waals surface area (Å²) in [4.78, 5) is 12.9. The van der Waals surface area contributed by atoms with Gasteiger partial charge in [0, 0.05) is 11.8 Å². The normalized spacial score (nSPS) is 35.1. The maximum atomic E-state index is 12.9.